The van der Waals surface area contributed by atoms with E-state index < -0.39 is 24.5 Å². The van der Waals surface area contributed by atoms with E-state index in [9.17, 15) is 8.42 Å². The smallest absolute Gasteiger partial charge is 0.264 e. The van der Waals surface area contributed by atoms with Gasteiger partial charge in [-0.05, 0) is 82.3 Å². The van der Waals surface area contributed by atoms with Gasteiger partial charge >= 0.3 is 0 Å². The van der Waals surface area contributed by atoms with Gasteiger partial charge in [0.2, 0.25) is 8.32 Å². The van der Waals surface area contributed by atoms with Crippen LogP contribution in [0.3, 0.4) is 0 Å². The van der Waals surface area contributed by atoms with E-state index in [0.29, 0.717) is 19.6 Å². The van der Waals surface area contributed by atoms with Gasteiger partial charge in [0.25, 0.3) is 10.1 Å². The predicted octanol–water partition coefficient (Wildman–Crippen LogP) is 6.71. The molecule has 12 heteroatoms. The van der Waals surface area contributed by atoms with Crippen LogP contribution in [0.4, 0.5) is 0 Å². The molecule has 1 aliphatic rings. The van der Waals surface area contributed by atoms with E-state index >= 15 is 0 Å². The Labute approximate surface area is 251 Å². The molecule has 1 saturated heterocycles. The first-order valence-electron chi connectivity index (χ1n) is 15.0. The predicted molar refractivity (Wildman–Crippen MR) is 168 cm³/mol. The number of hydrogen-bond donors (Lipinski definition) is 0. The number of fused-ring (bicyclic) bond motifs is 1. The maximum absolute atomic E-state index is 11.3. The van der Waals surface area contributed by atoms with E-state index in [1.165, 1.54) is 0 Å². The van der Waals surface area contributed by atoms with Gasteiger partial charge in [-0.1, -0.05) is 20.8 Å². The van der Waals surface area contributed by atoms with Crippen molar-refractivity contribution >= 4 is 29.3 Å². The van der Waals surface area contributed by atoms with Crippen molar-refractivity contribution in [3.63, 3.8) is 0 Å². The van der Waals surface area contributed by atoms with Crippen molar-refractivity contribution in [3.05, 3.63) is 30.6 Å². The summed E-state index contributed by atoms with van der Waals surface area (Å²) >= 11 is 0. The zero-order valence-corrected chi connectivity index (χ0v) is 28.2. The SMILES string of the molecule is CC(CCOCCC(C)n1cc(-c2nn(C3CCCCO3)c3ccc(O[Si](C)(C)C(C)(C)C)cc23)cn1)OS(C)(=O)=O. The Morgan fingerprint density at radius 2 is 1.88 bits per heavy atom. The molecule has 3 heterocycles. The third kappa shape index (κ3) is 8.22. The topological polar surface area (TPSA) is 107 Å². The summed E-state index contributed by atoms with van der Waals surface area (Å²) < 4.78 is 50.0. The normalized spacial score (nSPS) is 18.3. The summed E-state index contributed by atoms with van der Waals surface area (Å²) in [5.74, 6) is 0.869. The second kappa shape index (κ2) is 13.2. The van der Waals surface area contributed by atoms with Gasteiger partial charge in [0.1, 0.15) is 11.4 Å². The molecule has 3 aromatic rings. The molecular formula is C30H48N4O6SSi. The second-order valence-corrected chi connectivity index (χ2v) is 19.3. The molecule has 10 nitrogen and oxygen atoms in total. The number of hydrogen-bond acceptors (Lipinski definition) is 8. The minimum atomic E-state index is -3.46. The van der Waals surface area contributed by atoms with Crippen molar-refractivity contribution in [2.45, 2.75) is 103 Å². The van der Waals surface area contributed by atoms with Crippen LogP contribution in [-0.4, -0.2) is 68.5 Å². The van der Waals surface area contributed by atoms with Gasteiger partial charge in [0, 0.05) is 37.0 Å². The number of nitrogens with zero attached hydrogens (tertiary/aromatic N) is 4. The van der Waals surface area contributed by atoms with Crippen LogP contribution in [0, 0.1) is 0 Å². The highest BCUT2D eigenvalue weighted by Crippen LogP contribution is 2.40. The Hall–Kier alpha value is -2.25. The highest BCUT2D eigenvalue weighted by atomic mass is 32.2. The lowest BCUT2D eigenvalue weighted by atomic mass is 10.1. The van der Waals surface area contributed by atoms with Crippen LogP contribution >= 0.6 is 0 Å². The van der Waals surface area contributed by atoms with Crippen molar-refractivity contribution in [2.75, 3.05) is 26.1 Å². The highest BCUT2D eigenvalue weighted by Gasteiger charge is 2.39. The van der Waals surface area contributed by atoms with Crippen molar-refractivity contribution in [1.82, 2.24) is 19.6 Å². The fourth-order valence-corrected chi connectivity index (χ4v) is 6.48. The molecule has 0 spiro atoms. The van der Waals surface area contributed by atoms with Gasteiger partial charge in [-0.3, -0.25) is 8.86 Å². The van der Waals surface area contributed by atoms with Crippen LogP contribution in [0.25, 0.3) is 22.2 Å². The standard InChI is InChI=1S/C30H48N4O6SSi/c1-22(14-17-37-18-15-23(2)39-41(6,35)36)33-21-24(20-31-33)29-26-19-25(40-42(7,8)30(3,4)5)12-13-27(26)34(32-29)28-11-9-10-16-38-28/h12-13,19-23,28H,9-11,14-18H2,1-8H3. The summed E-state index contributed by atoms with van der Waals surface area (Å²) in [6, 6.07) is 6.41. The lowest BCUT2D eigenvalue weighted by Gasteiger charge is -2.36. The molecule has 0 saturated carbocycles. The molecular weight excluding hydrogens is 573 g/mol. The van der Waals surface area contributed by atoms with Crippen LogP contribution < -0.4 is 4.43 Å². The molecule has 1 fully saturated rings. The minimum Gasteiger partial charge on any atom is -0.543 e. The third-order valence-corrected chi connectivity index (χ3v) is 13.3. The first-order chi connectivity index (χ1) is 19.6. The molecule has 234 valence electrons. The molecule has 4 rings (SSSR count). The maximum Gasteiger partial charge on any atom is 0.264 e. The summed E-state index contributed by atoms with van der Waals surface area (Å²) in [6.45, 7) is 16.8. The van der Waals surface area contributed by atoms with Crippen LogP contribution in [0.15, 0.2) is 30.6 Å². The van der Waals surface area contributed by atoms with Gasteiger partial charge < -0.3 is 13.9 Å². The van der Waals surface area contributed by atoms with Gasteiger partial charge in [-0.2, -0.15) is 18.6 Å². The van der Waals surface area contributed by atoms with E-state index in [0.717, 1.165) is 66.5 Å². The summed E-state index contributed by atoms with van der Waals surface area (Å²) in [6.07, 6.45) is 8.89. The monoisotopic (exact) mass is 620 g/mol. The number of aromatic nitrogens is 4. The van der Waals surface area contributed by atoms with E-state index in [1.54, 1.807) is 6.92 Å². The van der Waals surface area contributed by atoms with Crippen molar-refractivity contribution in [3.8, 4) is 17.0 Å². The molecule has 1 aliphatic heterocycles. The quantitative estimate of drug-likeness (QED) is 0.118. The molecule has 2 aromatic heterocycles. The van der Waals surface area contributed by atoms with Gasteiger partial charge in [-0.25, -0.2) is 4.68 Å². The number of ether oxygens (including phenoxy) is 2. The lowest BCUT2D eigenvalue weighted by molar-refractivity contribution is -0.0365. The molecule has 3 atom stereocenters. The fraction of sp³-hybridized carbons (Fsp3) is 0.667. The minimum absolute atomic E-state index is 0.0844. The van der Waals surface area contributed by atoms with Crippen LogP contribution in [0.1, 0.15) is 79.0 Å². The van der Waals surface area contributed by atoms with Gasteiger partial charge in [-0.15, -0.1) is 0 Å². The molecule has 1 aromatic carbocycles. The fourth-order valence-electron chi connectivity index (χ4n) is 4.77. The first kappa shape index (κ1) is 32.7. The van der Waals surface area contributed by atoms with E-state index in [4.69, 9.17) is 23.2 Å². The van der Waals surface area contributed by atoms with Crippen LogP contribution in [0.2, 0.25) is 18.1 Å². The Kier molecular flexibility index (Phi) is 10.2. The van der Waals surface area contributed by atoms with Gasteiger partial charge in [0.15, 0.2) is 6.23 Å². The largest absolute Gasteiger partial charge is 0.543 e. The molecule has 0 amide bonds. The van der Waals surface area contributed by atoms with E-state index in [-0.39, 0.29) is 17.3 Å². The van der Waals surface area contributed by atoms with Gasteiger partial charge in [0.05, 0.1) is 30.1 Å². The first-order valence-corrected chi connectivity index (χ1v) is 19.7. The molecule has 0 radical (unpaired) electrons. The van der Waals surface area contributed by atoms with Crippen molar-refractivity contribution in [1.29, 1.82) is 0 Å². The summed E-state index contributed by atoms with van der Waals surface area (Å²) in [7, 11) is -5.47. The van der Waals surface area contributed by atoms with E-state index in [2.05, 4.69) is 64.1 Å². The molecule has 42 heavy (non-hydrogen) atoms. The molecule has 0 N–H and O–H groups in total. The van der Waals surface area contributed by atoms with Crippen molar-refractivity contribution in [2.24, 2.45) is 0 Å². The van der Waals surface area contributed by atoms with Crippen LogP contribution in [-0.2, 0) is 23.8 Å². The van der Waals surface area contributed by atoms with E-state index in [1.807, 2.05) is 21.8 Å². The Balaban J connectivity index is 1.51. The maximum atomic E-state index is 11.3. The summed E-state index contributed by atoms with van der Waals surface area (Å²) in [4.78, 5) is 0. The molecule has 0 aliphatic carbocycles. The lowest BCUT2D eigenvalue weighted by Crippen LogP contribution is -2.43. The zero-order valence-electron chi connectivity index (χ0n) is 26.4. The zero-order chi connectivity index (χ0) is 30.7. The number of benzene rings is 1. The average Bonchev–Trinajstić information content (AvgIpc) is 3.52. The average molecular weight is 621 g/mol. The molecule has 3 unspecified atom stereocenters. The Bertz CT molecular complexity index is 1440. The highest BCUT2D eigenvalue weighted by molar-refractivity contribution is 7.86. The second-order valence-electron chi connectivity index (χ2n) is 13.0. The Morgan fingerprint density at radius 1 is 1.14 bits per heavy atom. The van der Waals surface area contributed by atoms with Crippen molar-refractivity contribution < 1.29 is 26.5 Å². The van der Waals surface area contributed by atoms with Crippen LogP contribution in [0.5, 0.6) is 5.75 Å². The number of rotatable bonds is 13. The summed E-state index contributed by atoms with van der Waals surface area (Å²) in [5, 5.41) is 10.9. The molecule has 0 bridgehead atoms. The summed E-state index contributed by atoms with van der Waals surface area (Å²) in [5.41, 5.74) is 2.84. The third-order valence-electron chi connectivity index (χ3n) is 8.30. The Morgan fingerprint density at radius 3 is 2.55 bits per heavy atom.